The number of para-hydroxylation sites is 1. The lowest BCUT2D eigenvalue weighted by molar-refractivity contribution is -0.384. The number of aryl methyl sites for hydroxylation is 1. The lowest BCUT2D eigenvalue weighted by Crippen LogP contribution is -2.36. The SMILES string of the molecule is COC(=O)c1cc(C(=O)N2CCCc3cccc(F)c32)cc([N+](=O)[O-])c1. The highest BCUT2D eigenvalue weighted by Crippen LogP contribution is 2.31. The quantitative estimate of drug-likeness (QED) is 0.478. The summed E-state index contributed by atoms with van der Waals surface area (Å²) in [6.07, 6.45) is 1.28. The van der Waals surface area contributed by atoms with Crippen molar-refractivity contribution in [2.45, 2.75) is 12.8 Å². The first-order valence-electron chi connectivity index (χ1n) is 7.89. The summed E-state index contributed by atoms with van der Waals surface area (Å²) in [5, 5.41) is 11.1. The summed E-state index contributed by atoms with van der Waals surface area (Å²) < 4.78 is 18.9. The predicted octanol–water partition coefficient (Wildman–Crippen LogP) is 3.11. The third kappa shape index (κ3) is 3.13. The van der Waals surface area contributed by atoms with Crippen LogP contribution < -0.4 is 4.90 Å². The molecule has 0 fully saturated rings. The molecule has 1 aliphatic rings. The molecule has 0 unspecified atom stereocenters. The van der Waals surface area contributed by atoms with Crippen molar-refractivity contribution in [2.24, 2.45) is 0 Å². The molecular formula is C18H15FN2O5. The molecule has 7 nitrogen and oxygen atoms in total. The lowest BCUT2D eigenvalue weighted by atomic mass is 9.99. The number of rotatable bonds is 3. The number of nitro benzene ring substituents is 1. The summed E-state index contributed by atoms with van der Waals surface area (Å²) >= 11 is 0. The van der Waals surface area contributed by atoms with Gasteiger partial charge in [0.15, 0.2) is 0 Å². The van der Waals surface area contributed by atoms with Gasteiger partial charge in [0.05, 0.1) is 23.3 Å². The zero-order chi connectivity index (χ0) is 18.8. The van der Waals surface area contributed by atoms with E-state index in [9.17, 15) is 24.1 Å². The highest BCUT2D eigenvalue weighted by atomic mass is 19.1. The topological polar surface area (TPSA) is 89.8 Å². The molecule has 0 bridgehead atoms. The number of methoxy groups -OCH3 is 1. The van der Waals surface area contributed by atoms with Crippen LogP contribution in [0.15, 0.2) is 36.4 Å². The molecule has 3 rings (SSSR count). The van der Waals surface area contributed by atoms with E-state index < -0.39 is 28.3 Å². The maximum absolute atomic E-state index is 14.3. The molecule has 134 valence electrons. The molecule has 0 saturated heterocycles. The van der Waals surface area contributed by atoms with Gasteiger partial charge in [-0.15, -0.1) is 0 Å². The van der Waals surface area contributed by atoms with Crippen LogP contribution in [0.2, 0.25) is 0 Å². The number of ether oxygens (including phenoxy) is 1. The van der Waals surface area contributed by atoms with E-state index in [4.69, 9.17) is 0 Å². The van der Waals surface area contributed by atoms with E-state index in [2.05, 4.69) is 4.74 Å². The zero-order valence-corrected chi connectivity index (χ0v) is 13.9. The maximum atomic E-state index is 14.3. The third-order valence-electron chi connectivity index (χ3n) is 4.21. The number of halogens is 1. The number of benzene rings is 2. The van der Waals surface area contributed by atoms with E-state index in [0.29, 0.717) is 18.4 Å². The third-order valence-corrected chi connectivity index (χ3v) is 4.21. The second kappa shape index (κ2) is 6.91. The molecule has 2 aromatic rings. The van der Waals surface area contributed by atoms with E-state index >= 15 is 0 Å². The monoisotopic (exact) mass is 358 g/mol. The number of non-ortho nitro benzene ring substituents is 1. The number of esters is 1. The molecular weight excluding hydrogens is 343 g/mol. The molecule has 2 aromatic carbocycles. The summed E-state index contributed by atoms with van der Waals surface area (Å²) in [6, 6.07) is 7.90. The fourth-order valence-corrected chi connectivity index (χ4v) is 3.04. The minimum absolute atomic E-state index is 0.0734. The Bertz CT molecular complexity index is 912. The van der Waals surface area contributed by atoms with E-state index in [1.165, 1.54) is 17.0 Å². The molecule has 0 radical (unpaired) electrons. The van der Waals surface area contributed by atoms with Crippen LogP contribution in [0, 0.1) is 15.9 Å². The number of carbonyl (C=O) groups excluding carboxylic acids is 2. The molecule has 1 heterocycles. The fourth-order valence-electron chi connectivity index (χ4n) is 3.04. The Balaban J connectivity index is 2.08. The van der Waals surface area contributed by atoms with Crippen molar-refractivity contribution in [1.29, 1.82) is 0 Å². The van der Waals surface area contributed by atoms with Gasteiger partial charge in [-0.25, -0.2) is 9.18 Å². The highest BCUT2D eigenvalue weighted by Gasteiger charge is 2.28. The number of carbonyl (C=O) groups is 2. The lowest BCUT2D eigenvalue weighted by Gasteiger charge is -2.30. The van der Waals surface area contributed by atoms with Gasteiger partial charge in [-0.05, 0) is 30.5 Å². The summed E-state index contributed by atoms with van der Waals surface area (Å²) in [5.74, 6) is -1.94. The summed E-state index contributed by atoms with van der Waals surface area (Å²) in [4.78, 5) is 36.4. The Kier molecular flexibility index (Phi) is 4.66. The van der Waals surface area contributed by atoms with Gasteiger partial charge in [-0.1, -0.05) is 12.1 Å². The van der Waals surface area contributed by atoms with Gasteiger partial charge in [-0.2, -0.15) is 0 Å². The standard InChI is InChI=1S/C18H15FN2O5/c1-26-18(23)13-8-12(9-14(10-13)21(24)25)17(22)20-7-3-5-11-4-2-6-15(19)16(11)20/h2,4,6,8-10H,3,5,7H2,1H3. The molecule has 0 saturated carbocycles. The Hall–Kier alpha value is -3.29. The van der Waals surface area contributed by atoms with Crippen molar-refractivity contribution < 1.29 is 23.6 Å². The Morgan fingerprint density at radius 3 is 2.65 bits per heavy atom. The second-order valence-corrected chi connectivity index (χ2v) is 5.83. The van der Waals surface area contributed by atoms with Crippen molar-refractivity contribution in [1.82, 2.24) is 0 Å². The van der Waals surface area contributed by atoms with Crippen LogP contribution in [0.1, 0.15) is 32.7 Å². The van der Waals surface area contributed by atoms with E-state index in [0.717, 1.165) is 19.2 Å². The molecule has 0 spiro atoms. The minimum atomic E-state index is -0.798. The first kappa shape index (κ1) is 17.5. The molecule has 0 aliphatic carbocycles. The number of nitro groups is 1. The first-order valence-corrected chi connectivity index (χ1v) is 7.89. The number of anilines is 1. The Labute approximate surface area is 148 Å². The van der Waals surface area contributed by atoms with Crippen molar-refractivity contribution in [3.63, 3.8) is 0 Å². The first-order chi connectivity index (χ1) is 12.4. The van der Waals surface area contributed by atoms with E-state index in [1.807, 2.05) is 0 Å². The van der Waals surface area contributed by atoms with E-state index in [-0.39, 0.29) is 23.4 Å². The van der Waals surface area contributed by atoms with Gasteiger partial charge in [0.25, 0.3) is 11.6 Å². The van der Waals surface area contributed by atoms with Gasteiger partial charge in [0.2, 0.25) is 0 Å². The van der Waals surface area contributed by atoms with Gasteiger partial charge < -0.3 is 9.64 Å². The number of amides is 1. The summed E-state index contributed by atoms with van der Waals surface area (Å²) in [5.41, 5.74) is 0.270. The maximum Gasteiger partial charge on any atom is 0.338 e. The van der Waals surface area contributed by atoms with Gasteiger partial charge >= 0.3 is 5.97 Å². The van der Waals surface area contributed by atoms with Gasteiger partial charge in [0.1, 0.15) is 5.82 Å². The second-order valence-electron chi connectivity index (χ2n) is 5.83. The van der Waals surface area contributed by atoms with Crippen LogP contribution in [0.3, 0.4) is 0 Å². The summed E-state index contributed by atoms with van der Waals surface area (Å²) in [7, 11) is 1.14. The minimum Gasteiger partial charge on any atom is -0.465 e. The van der Waals surface area contributed by atoms with Crippen LogP contribution >= 0.6 is 0 Å². The molecule has 0 aromatic heterocycles. The van der Waals surface area contributed by atoms with Crippen LogP contribution in [0.4, 0.5) is 15.8 Å². The van der Waals surface area contributed by atoms with Crippen molar-refractivity contribution >= 4 is 23.3 Å². The predicted molar refractivity (Wildman–Crippen MR) is 90.8 cm³/mol. The van der Waals surface area contributed by atoms with Crippen LogP contribution in [0.5, 0.6) is 0 Å². The van der Waals surface area contributed by atoms with Crippen molar-refractivity contribution in [3.8, 4) is 0 Å². The molecule has 1 aliphatic heterocycles. The number of hydrogen-bond donors (Lipinski definition) is 0. The number of fused-ring (bicyclic) bond motifs is 1. The number of hydrogen-bond acceptors (Lipinski definition) is 5. The largest absolute Gasteiger partial charge is 0.465 e. The van der Waals surface area contributed by atoms with Crippen molar-refractivity contribution in [2.75, 3.05) is 18.6 Å². The molecule has 1 amide bonds. The van der Waals surface area contributed by atoms with E-state index in [1.54, 1.807) is 12.1 Å². The van der Waals surface area contributed by atoms with Crippen LogP contribution in [-0.2, 0) is 11.2 Å². The van der Waals surface area contributed by atoms with Crippen LogP contribution in [0.25, 0.3) is 0 Å². The van der Waals surface area contributed by atoms with Crippen LogP contribution in [-0.4, -0.2) is 30.5 Å². The number of nitrogens with zero attached hydrogens (tertiary/aromatic N) is 2. The molecule has 26 heavy (non-hydrogen) atoms. The summed E-state index contributed by atoms with van der Waals surface area (Å²) in [6.45, 7) is 0.281. The van der Waals surface area contributed by atoms with Crippen molar-refractivity contribution in [3.05, 3.63) is 69.0 Å². The van der Waals surface area contributed by atoms with Gasteiger partial charge in [0, 0.05) is 24.2 Å². The molecule has 0 N–H and O–H groups in total. The molecule has 0 atom stereocenters. The smallest absolute Gasteiger partial charge is 0.338 e. The molecule has 8 heteroatoms. The fraction of sp³-hybridized carbons (Fsp3) is 0.222. The average molecular weight is 358 g/mol. The van der Waals surface area contributed by atoms with Gasteiger partial charge in [-0.3, -0.25) is 14.9 Å². The Morgan fingerprint density at radius 2 is 1.96 bits per heavy atom. The normalized spacial score (nSPS) is 13.1. The highest BCUT2D eigenvalue weighted by molar-refractivity contribution is 6.08. The Morgan fingerprint density at radius 1 is 1.23 bits per heavy atom. The zero-order valence-electron chi connectivity index (χ0n) is 13.9. The average Bonchev–Trinajstić information content (AvgIpc) is 2.66.